The van der Waals surface area contributed by atoms with Crippen LogP contribution in [0.1, 0.15) is 22.1 Å². The van der Waals surface area contributed by atoms with Crippen LogP contribution in [0.5, 0.6) is 0 Å². The lowest BCUT2D eigenvalue weighted by Gasteiger charge is -2.14. The van der Waals surface area contributed by atoms with E-state index in [0.29, 0.717) is 18.5 Å². The predicted octanol–water partition coefficient (Wildman–Crippen LogP) is 3.13. The van der Waals surface area contributed by atoms with Crippen molar-refractivity contribution in [1.82, 2.24) is 0 Å². The minimum atomic E-state index is -0.119. The lowest BCUT2D eigenvalue weighted by atomic mass is 10.2. The van der Waals surface area contributed by atoms with Gasteiger partial charge in [0.2, 0.25) is 11.8 Å². The Labute approximate surface area is 110 Å². The molecule has 1 fully saturated rings. The molecule has 0 saturated carbocycles. The molecule has 0 bridgehead atoms. The second kappa shape index (κ2) is 4.67. The third kappa shape index (κ3) is 2.20. The molecular formula is C11H9Br2NO2. The molecule has 0 spiro atoms. The van der Waals surface area contributed by atoms with E-state index in [0.717, 1.165) is 5.56 Å². The molecule has 1 saturated heterocycles. The van der Waals surface area contributed by atoms with Crippen molar-refractivity contribution in [3.8, 4) is 0 Å². The molecule has 0 radical (unpaired) electrons. The summed E-state index contributed by atoms with van der Waals surface area (Å²) in [6.45, 7) is 0. The lowest BCUT2D eigenvalue weighted by molar-refractivity contribution is -0.121. The number of rotatable bonds is 2. The van der Waals surface area contributed by atoms with Crippen LogP contribution in [-0.4, -0.2) is 11.8 Å². The van der Waals surface area contributed by atoms with Gasteiger partial charge in [-0.05, 0) is 17.7 Å². The molecule has 0 unspecified atom stereocenters. The highest BCUT2D eigenvalue weighted by atomic mass is 79.9. The van der Waals surface area contributed by atoms with Crippen molar-refractivity contribution in [3.63, 3.8) is 0 Å². The zero-order chi connectivity index (χ0) is 11.7. The molecule has 2 amide bonds. The highest BCUT2D eigenvalue weighted by Crippen LogP contribution is 2.31. The smallest absolute Gasteiger partial charge is 0.234 e. The second-order valence-electron chi connectivity index (χ2n) is 3.52. The molecule has 0 N–H and O–H groups in total. The third-order valence-electron chi connectivity index (χ3n) is 2.45. The predicted molar refractivity (Wildman–Crippen MR) is 68.8 cm³/mol. The maximum Gasteiger partial charge on any atom is 0.234 e. The minimum Gasteiger partial charge on any atom is -0.274 e. The van der Waals surface area contributed by atoms with E-state index in [9.17, 15) is 9.59 Å². The van der Waals surface area contributed by atoms with Gasteiger partial charge in [0.1, 0.15) is 0 Å². The van der Waals surface area contributed by atoms with Gasteiger partial charge < -0.3 is 0 Å². The number of carbonyl (C=O) groups excluding carboxylic acids is 2. The molecule has 0 aromatic heterocycles. The number of hydrogen-bond acceptors (Lipinski definition) is 2. The summed E-state index contributed by atoms with van der Waals surface area (Å²) in [6.07, 6.45) is 0.639. The van der Waals surface area contributed by atoms with Crippen molar-refractivity contribution in [3.05, 3.63) is 29.8 Å². The van der Waals surface area contributed by atoms with E-state index in [2.05, 4.69) is 31.9 Å². The van der Waals surface area contributed by atoms with Gasteiger partial charge in [-0.1, -0.05) is 44.0 Å². The fourth-order valence-electron chi connectivity index (χ4n) is 1.63. The van der Waals surface area contributed by atoms with E-state index in [4.69, 9.17) is 0 Å². The topological polar surface area (TPSA) is 37.4 Å². The SMILES string of the molecule is O=C1CCC(=O)N1c1ccc(C(Br)Br)cc1. The molecule has 0 aliphatic carbocycles. The molecule has 1 aromatic rings. The molecule has 1 aliphatic rings. The highest BCUT2D eigenvalue weighted by Gasteiger charge is 2.30. The van der Waals surface area contributed by atoms with E-state index in [1.807, 2.05) is 12.1 Å². The number of amides is 2. The third-order valence-corrected chi connectivity index (χ3v) is 3.51. The van der Waals surface area contributed by atoms with Crippen LogP contribution < -0.4 is 4.90 Å². The van der Waals surface area contributed by atoms with Crippen LogP contribution >= 0.6 is 31.9 Å². The first-order valence-corrected chi connectivity index (χ1v) is 6.66. The van der Waals surface area contributed by atoms with Crippen LogP contribution in [-0.2, 0) is 9.59 Å². The first-order valence-electron chi connectivity index (χ1n) is 4.83. The summed E-state index contributed by atoms with van der Waals surface area (Å²) >= 11 is 6.77. The zero-order valence-electron chi connectivity index (χ0n) is 8.32. The van der Waals surface area contributed by atoms with Crippen LogP contribution in [0.4, 0.5) is 5.69 Å². The number of alkyl halides is 2. The van der Waals surface area contributed by atoms with Gasteiger partial charge in [0.25, 0.3) is 0 Å². The van der Waals surface area contributed by atoms with Gasteiger partial charge in [-0.2, -0.15) is 0 Å². The Morgan fingerprint density at radius 1 is 1.00 bits per heavy atom. The quantitative estimate of drug-likeness (QED) is 0.609. The minimum absolute atomic E-state index is 0.0824. The summed E-state index contributed by atoms with van der Waals surface area (Å²) in [7, 11) is 0. The largest absolute Gasteiger partial charge is 0.274 e. The van der Waals surface area contributed by atoms with Crippen molar-refractivity contribution in [2.45, 2.75) is 16.6 Å². The summed E-state index contributed by atoms with van der Waals surface area (Å²) in [6, 6.07) is 7.32. The van der Waals surface area contributed by atoms with Crippen molar-refractivity contribution in [2.75, 3.05) is 4.90 Å². The van der Waals surface area contributed by atoms with Gasteiger partial charge in [0.15, 0.2) is 0 Å². The number of carbonyl (C=O) groups is 2. The molecule has 1 aromatic carbocycles. The Hall–Kier alpha value is -0.680. The van der Waals surface area contributed by atoms with Crippen LogP contribution in [0.15, 0.2) is 24.3 Å². The van der Waals surface area contributed by atoms with Gasteiger partial charge in [0, 0.05) is 12.8 Å². The Bertz CT molecular complexity index is 412. The second-order valence-corrected chi connectivity index (χ2v) is 6.58. The summed E-state index contributed by atoms with van der Waals surface area (Å²) in [4.78, 5) is 24.2. The van der Waals surface area contributed by atoms with Crippen molar-refractivity contribution in [1.29, 1.82) is 0 Å². The molecule has 2 rings (SSSR count). The number of halogens is 2. The fraction of sp³-hybridized carbons (Fsp3) is 0.273. The summed E-state index contributed by atoms with van der Waals surface area (Å²) in [5.74, 6) is -0.237. The molecule has 3 nitrogen and oxygen atoms in total. The van der Waals surface area contributed by atoms with Gasteiger partial charge in [-0.15, -0.1) is 0 Å². The maximum atomic E-state index is 11.5. The van der Waals surface area contributed by atoms with Gasteiger partial charge in [0.05, 0.1) is 9.42 Å². The Morgan fingerprint density at radius 3 is 1.94 bits per heavy atom. The van der Waals surface area contributed by atoms with Crippen molar-refractivity contribution in [2.24, 2.45) is 0 Å². The number of hydrogen-bond donors (Lipinski definition) is 0. The number of anilines is 1. The Balaban J connectivity index is 2.28. The van der Waals surface area contributed by atoms with Gasteiger partial charge in [-0.3, -0.25) is 14.5 Å². The van der Waals surface area contributed by atoms with Crippen LogP contribution in [0.25, 0.3) is 0 Å². The zero-order valence-corrected chi connectivity index (χ0v) is 11.5. The normalized spacial score (nSPS) is 16.3. The lowest BCUT2D eigenvalue weighted by Crippen LogP contribution is -2.28. The number of imide groups is 1. The van der Waals surface area contributed by atoms with E-state index in [1.54, 1.807) is 12.1 Å². The standard InChI is InChI=1S/C11H9Br2NO2/c12-11(13)7-1-3-8(4-2-7)14-9(15)5-6-10(14)16/h1-4,11H,5-6H2. The van der Waals surface area contributed by atoms with E-state index in [-0.39, 0.29) is 15.6 Å². The molecule has 84 valence electrons. The van der Waals surface area contributed by atoms with Gasteiger partial charge in [-0.25, -0.2) is 0 Å². The Morgan fingerprint density at radius 2 is 1.50 bits per heavy atom. The molecule has 1 aliphatic heterocycles. The average molecular weight is 347 g/mol. The number of nitrogens with zero attached hydrogens (tertiary/aromatic N) is 1. The molecule has 1 heterocycles. The van der Waals surface area contributed by atoms with Crippen LogP contribution in [0.3, 0.4) is 0 Å². The number of benzene rings is 1. The van der Waals surface area contributed by atoms with Crippen LogP contribution in [0.2, 0.25) is 0 Å². The maximum absolute atomic E-state index is 11.5. The van der Waals surface area contributed by atoms with E-state index in [1.165, 1.54) is 4.90 Å². The summed E-state index contributed by atoms with van der Waals surface area (Å²) < 4.78 is 0.0824. The van der Waals surface area contributed by atoms with Crippen molar-refractivity contribution < 1.29 is 9.59 Å². The molecular weight excluding hydrogens is 338 g/mol. The van der Waals surface area contributed by atoms with Gasteiger partial charge >= 0.3 is 0 Å². The fourth-order valence-corrected chi connectivity index (χ4v) is 2.24. The van der Waals surface area contributed by atoms with Crippen molar-refractivity contribution >= 4 is 49.4 Å². The summed E-state index contributed by atoms with van der Waals surface area (Å²) in [5.41, 5.74) is 1.69. The molecule has 5 heteroatoms. The van der Waals surface area contributed by atoms with E-state index < -0.39 is 0 Å². The first kappa shape index (κ1) is 11.8. The van der Waals surface area contributed by atoms with Crippen LogP contribution in [0, 0.1) is 0 Å². The molecule has 16 heavy (non-hydrogen) atoms. The average Bonchev–Trinajstić information content (AvgIpc) is 2.59. The van der Waals surface area contributed by atoms with E-state index >= 15 is 0 Å². The monoisotopic (exact) mass is 345 g/mol. The highest BCUT2D eigenvalue weighted by molar-refractivity contribution is 9.24. The first-order chi connectivity index (χ1) is 7.59. The molecule has 0 atom stereocenters. The summed E-state index contributed by atoms with van der Waals surface area (Å²) in [5, 5.41) is 0. The Kier molecular flexibility index (Phi) is 3.44.